The molecule has 318 valence electrons. The summed E-state index contributed by atoms with van der Waals surface area (Å²) >= 11 is 0. The van der Waals surface area contributed by atoms with Gasteiger partial charge < -0.3 is 18.4 Å². The quantitative estimate of drug-likeness (QED) is 0.127. The molecule has 0 atom stereocenters. The summed E-state index contributed by atoms with van der Waals surface area (Å²) in [5.74, 6) is 1.55. The van der Waals surface area contributed by atoms with Crippen LogP contribution >= 0.6 is 0 Å². The molecule has 5 heterocycles. The van der Waals surface area contributed by atoms with E-state index in [1.54, 1.807) is 33.4 Å². The number of rotatable bonds is 5. The smallest absolute Gasteiger partial charge is 0.268 e. The van der Waals surface area contributed by atoms with Crippen LogP contribution in [0.15, 0.2) is 212 Å². The second-order valence-electron chi connectivity index (χ2n) is 16.1. The van der Waals surface area contributed by atoms with Crippen LogP contribution in [0, 0.1) is 18.5 Å². The molecule has 0 amide bonds. The third-order valence-corrected chi connectivity index (χ3v) is 12.5. The Morgan fingerprint density at radius 2 is 1.10 bits per heavy atom. The Hall–Kier alpha value is -8.31. The van der Waals surface area contributed by atoms with Gasteiger partial charge in [-0.1, -0.05) is 145 Å². The summed E-state index contributed by atoms with van der Waals surface area (Å²) in [7, 11) is 0. The largest absolute Gasteiger partial charge is 0.510 e. The van der Waals surface area contributed by atoms with E-state index >= 15 is 0 Å². The molecule has 13 aromatic rings. The minimum Gasteiger partial charge on any atom is -0.510 e. The van der Waals surface area contributed by atoms with Crippen molar-refractivity contribution in [2.24, 2.45) is 0 Å². The van der Waals surface area contributed by atoms with E-state index in [1.807, 2.05) is 85.1 Å². The number of fused-ring (bicyclic) bond motifs is 13. The number of imidazole rings is 1. The summed E-state index contributed by atoms with van der Waals surface area (Å²) in [4.78, 5) is 5.10. The predicted octanol–water partition coefficient (Wildman–Crippen LogP) is 14.0. The van der Waals surface area contributed by atoms with E-state index in [0.29, 0.717) is 45.0 Å². The number of ether oxygens (including phenoxy) is 1. The molecule has 0 spiro atoms. The van der Waals surface area contributed by atoms with Crippen molar-refractivity contribution in [3.8, 4) is 67.8 Å². The van der Waals surface area contributed by atoms with Gasteiger partial charge in [0.25, 0.3) is 6.33 Å². The SMILES string of the molecule is [2H]c1c([2H])c([2H])c2c(c1[2H])-c1ccccc1-[n+]1[c-]n(-c3[c-]c(Oc4[c-]c5c(cc4)c4ccccc4n5-c4cc5c(cn4)c4ccccc4n5-c4ccccc4)ccc3)c3cccc(c31)-c1c([2H])c([2H])c([2H])c([2H])c1-2.[Pt]. The zero-order chi connectivity index (χ0) is 50.3. The van der Waals surface area contributed by atoms with Crippen LogP contribution in [0.3, 0.4) is 0 Å². The van der Waals surface area contributed by atoms with Crippen LogP contribution in [0.2, 0.25) is 0 Å². The molecule has 0 fully saturated rings. The Morgan fingerprint density at radius 1 is 0.493 bits per heavy atom. The van der Waals surface area contributed by atoms with Crippen LogP contribution in [0.1, 0.15) is 11.0 Å². The van der Waals surface area contributed by atoms with Gasteiger partial charge >= 0.3 is 0 Å². The first-order valence-corrected chi connectivity index (χ1v) is 21.5. The zero-order valence-corrected chi connectivity index (χ0v) is 37.3. The minimum atomic E-state index is -0.519. The molecular formula is C60H35N5OPt-2. The van der Waals surface area contributed by atoms with Crippen molar-refractivity contribution in [3.63, 3.8) is 0 Å². The predicted molar refractivity (Wildman–Crippen MR) is 264 cm³/mol. The van der Waals surface area contributed by atoms with E-state index in [4.69, 9.17) is 15.2 Å². The van der Waals surface area contributed by atoms with E-state index in [0.717, 1.165) is 55.1 Å². The van der Waals surface area contributed by atoms with Crippen molar-refractivity contribution < 1.29 is 41.3 Å². The topological polar surface area (TPSA) is 40.8 Å². The van der Waals surface area contributed by atoms with Crippen LogP contribution in [0.25, 0.3) is 111 Å². The third-order valence-electron chi connectivity index (χ3n) is 12.5. The second-order valence-corrected chi connectivity index (χ2v) is 16.1. The first kappa shape index (κ1) is 31.5. The summed E-state index contributed by atoms with van der Waals surface area (Å²) in [5, 5.41) is 4.16. The summed E-state index contributed by atoms with van der Waals surface area (Å²) < 4.78 is 87.0. The number of hydrogen-bond donors (Lipinski definition) is 0. The number of nitrogens with zero attached hydrogens (tertiary/aromatic N) is 5. The van der Waals surface area contributed by atoms with Gasteiger partial charge in [0.15, 0.2) is 0 Å². The Labute approximate surface area is 411 Å². The molecule has 0 saturated carbocycles. The van der Waals surface area contributed by atoms with Gasteiger partial charge in [-0.05, 0) is 74.8 Å². The number of hydrogen-bond acceptors (Lipinski definition) is 2. The average molecular weight is 1050 g/mol. The average Bonchev–Trinajstić information content (AvgIpc) is 4.21. The molecule has 4 aromatic heterocycles. The Morgan fingerprint density at radius 3 is 1.90 bits per heavy atom. The maximum atomic E-state index is 9.38. The molecule has 7 heteroatoms. The van der Waals surface area contributed by atoms with Gasteiger partial charge in [0, 0.05) is 66.8 Å². The molecule has 1 aliphatic rings. The monoisotopic (exact) mass is 1040 g/mol. The Balaban J connectivity index is 0.00000541. The number of aromatic nitrogens is 5. The molecule has 6 nitrogen and oxygen atoms in total. The second kappa shape index (κ2) is 15.4. The third kappa shape index (κ3) is 6.00. The molecule has 0 saturated heterocycles. The molecule has 0 unspecified atom stereocenters. The molecule has 67 heavy (non-hydrogen) atoms. The first-order valence-electron chi connectivity index (χ1n) is 25.5. The minimum absolute atomic E-state index is 0. The van der Waals surface area contributed by atoms with Crippen LogP contribution in [-0.2, 0) is 21.1 Å². The normalized spacial score (nSPS) is 13.4. The van der Waals surface area contributed by atoms with E-state index < -0.39 is 36.3 Å². The van der Waals surface area contributed by atoms with E-state index in [2.05, 4.69) is 82.2 Å². The van der Waals surface area contributed by atoms with Crippen molar-refractivity contribution in [1.82, 2.24) is 18.7 Å². The van der Waals surface area contributed by atoms with Crippen LogP contribution < -0.4 is 9.30 Å². The van der Waals surface area contributed by atoms with E-state index in [9.17, 15) is 5.48 Å². The van der Waals surface area contributed by atoms with Gasteiger partial charge in [0.1, 0.15) is 5.82 Å². The Bertz CT molecular complexity index is 4590. The molecule has 1 aliphatic heterocycles. The van der Waals surface area contributed by atoms with Crippen LogP contribution in [0.5, 0.6) is 11.5 Å². The standard InChI is InChI=1S/C60H35N5O.Pt/c1-2-16-39(17-3-1)64-54-29-12-10-26-49(54)52-37-61-59(36-58(52)64)65-55-30-13-9-25-48(55)50-33-32-42(35-57(50)65)66-41-19-14-18-40(34-41)62-38-63-53-28-11-8-24-47(53)45-22-6-4-20-43(45)44-21-5-7-23-46(44)51-27-15-31-56(62)60(51)63;/h1-33,36-37H;/q-2;/i4D,5D,6D,7D,20D,21D,22D,23D;. The van der Waals surface area contributed by atoms with Gasteiger partial charge in [-0.3, -0.25) is 4.57 Å². The van der Waals surface area contributed by atoms with Crippen molar-refractivity contribution in [3.05, 3.63) is 231 Å². The molecular weight excluding hydrogens is 1000 g/mol. The van der Waals surface area contributed by atoms with Crippen LogP contribution in [0.4, 0.5) is 0 Å². The molecule has 0 radical (unpaired) electrons. The van der Waals surface area contributed by atoms with Gasteiger partial charge in [-0.2, -0.15) is 18.2 Å². The van der Waals surface area contributed by atoms with Gasteiger partial charge in [-0.25, -0.2) is 4.98 Å². The van der Waals surface area contributed by atoms with Gasteiger partial charge in [0.05, 0.1) is 38.7 Å². The first-order chi connectivity index (χ1) is 36.1. The van der Waals surface area contributed by atoms with Crippen molar-refractivity contribution >= 4 is 54.6 Å². The fourth-order valence-electron chi connectivity index (χ4n) is 9.74. The fourth-order valence-corrected chi connectivity index (χ4v) is 9.74. The zero-order valence-electron chi connectivity index (χ0n) is 43.0. The van der Waals surface area contributed by atoms with E-state index in [-0.39, 0.29) is 55.4 Å². The fraction of sp³-hybridized carbons (Fsp3) is 0. The summed E-state index contributed by atoms with van der Waals surface area (Å²) in [6.45, 7) is 0. The molecule has 0 bridgehead atoms. The van der Waals surface area contributed by atoms with Gasteiger partial charge in [-0.15, -0.1) is 29.7 Å². The van der Waals surface area contributed by atoms with Gasteiger partial charge in [0.2, 0.25) is 0 Å². The molecule has 0 N–H and O–H groups in total. The summed E-state index contributed by atoms with van der Waals surface area (Å²) in [6.07, 6.45) is 5.46. The Kier molecular flexibility index (Phi) is 7.25. The molecule has 0 aliphatic carbocycles. The van der Waals surface area contributed by atoms with Crippen LogP contribution in [-0.4, -0.2) is 18.7 Å². The van der Waals surface area contributed by atoms with Crippen molar-refractivity contribution in [2.75, 3.05) is 0 Å². The van der Waals surface area contributed by atoms with Crippen molar-refractivity contribution in [1.29, 1.82) is 0 Å². The number of benzene rings is 9. The number of pyridine rings is 1. The molecule has 9 aromatic carbocycles. The maximum Gasteiger partial charge on any atom is 0.268 e. The molecule has 14 rings (SSSR count). The number of para-hydroxylation sites is 5. The summed E-state index contributed by atoms with van der Waals surface area (Å²) in [6, 6.07) is 54.7. The summed E-state index contributed by atoms with van der Waals surface area (Å²) in [5.41, 5.74) is 8.05. The maximum absolute atomic E-state index is 9.38. The van der Waals surface area contributed by atoms with Crippen molar-refractivity contribution in [2.45, 2.75) is 0 Å². The van der Waals surface area contributed by atoms with E-state index in [1.165, 1.54) is 0 Å².